The zero-order valence-corrected chi connectivity index (χ0v) is 19.6. The average Bonchev–Trinajstić information content (AvgIpc) is 2.68. The smallest absolute Gasteiger partial charge is 0.216 e. The molecule has 0 atom stereocenters. The fourth-order valence-corrected chi connectivity index (χ4v) is 4.99. The zero-order chi connectivity index (χ0) is 20.1. The lowest BCUT2D eigenvalue weighted by Gasteiger charge is -2.40. The van der Waals surface area contributed by atoms with E-state index < -0.39 is 0 Å². The lowest BCUT2D eigenvalue weighted by molar-refractivity contribution is -0.119. The Labute approximate surface area is 183 Å². The minimum atomic E-state index is 0. The molecule has 0 bridgehead atoms. The molecule has 1 aromatic carbocycles. The first-order valence-electron chi connectivity index (χ1n) is 11.2. The van der Waals surface area contributed by atoms with E-state index in [0.717, 1.165) is 45.2 Å². The SMILES string of the molecule is CC(=O)NCCN1CCN(c2ccccc2C2CCC(C(C)(C)C)CC2)CC1.Cl. The van der Waals surface area contributed by atoms with Crippen molar-refractivity contribution in [3.63, 3.8) is 0 Å². The highest BCUT2D eigenvalue weighted by atomic mass is 35.5. The van der Waals surface area contributed by atoms with Crippen LogP contribution < -0.4 is 10.2 Å². The van der Waals surface area contributed by atoms with E-state index in [1.165, 1.54) is 31.4 Å². The molecule has 5 heteroatoms. The Morgan fingerprint density at radius 2 is 1.66 bits per heavy atom. The molecule has 0 aromatic heterocycles. The maximum Gasteiger partial charge on any atom is 0.216 e. The van der Waals surface area contributed by atoms with Crippen LogP contribution in [0.5, 0.6) is 0 Å². The van der Waals surface area contributed by atoms with E-state index in [-0.39, 0.29) is 18.3 Å². The van der Waals surface area contributed by atoms with Gasteiger partial charge in [0.25, 0.3) is 0 Å². The molecule has 0 spiro atoms. The molecule has 1 aliphatic heterocycles. The third-order valence-electron chi connectivity index (χ3n) is 6.84. The van der Waals surface area contributed by atoms with Gasteiger partial charge in [0.1, 0.15) is 0 Å². The normalized spacial score (nSPS) is 23.4. The highest BCUT2D eigenvalue weighted by Crippen LogP contribution is 2.45. The Balaban J connectivity index is 0.00000300. The lowest BCUT2D eigenvalue weighted by atomic mass is 9.68. The largest absolute Gasteiger partial charge is 0.369 e. The summed E-state index contributed by atoms with van der Waals surface area (Å²) in [5, 5.41) is 2.91. The number of anilines is 1. The van der Waals surface area contributed by atoms with Crippen LogP contribution in [-0.4, -0.2) is 50.1 Å². The summed E-state index contributed by atoms with van der Waals surface area (Å²) in [5.41, 5.74) is 3.47. The molecule has 0 unspecified atom stereocenters. The highest BCUT2D eigenvalue weighted by molar-refractivity contribution is 5.85. The first-order valence-corrected chi connectivity index (χ1v) is 11.2. The van der Waals surface area contributed by atoms with Gasteiger partial charge in [-0.05, 0) is 54.6 Å². The number of piperazine rings is 1. The van der Waals surface area contributed by atoms with Crippen LogP contribution in [0.1, 0.15) is 64.9 Å². The Morgan fingerprint density at radius 3 is 2.24 bits per heavy atom. The van der Waals surface area contributed by atoms with E-state index in [4.69, 9.17) is 0 Å². The van der Waals surface area contributed by atoms with Crippen molar-refractivity contribution in [2.24, 2.45) is 11.3 Å². The van der Waals surface area contributed by atoms with Gasteiger partial charge in [-0.3, -0.25) is 9.69 Å². The summed E-state index contributed by atoms with van der Waals surface area (Å²) in [6.07, 6.45) is 5.38. The molecular formula is C24H40ClN3O. The number of amides is 1. The third-order valence-corrected chi connectivity index (χ3v) is 6.84. The lowest BCUT2D eigenvalue weighted by Crippen LogP contribution is -2.48. The van der Waals surface area contributed by atoms with Crippen molar-refractivity contribution in [2.45, 2.75) is 59.3 Å². The van der Waals surface area contributed by atoms with Crippen molar-refractivity contribution in [3.05, 3.63) is 29.8 Å². The standard InChI is InChI=1S/C24H39N3O.ClH/c1-19(28)25-13-14-26-15-17-27(18-16-26)23-8-6-5-7-22(23)20-9-11-21(12-10-20)24(2,3)4;/h5-8,20-21H,9-18H2,1-4H3,(H,25,28);1H. The van der Waals surface area contributed by atoms with Crippen molar-refractivity contribution in [1.82, 2.24) is 10.2 Å². The molecule has 1 N–H and O–H groups in total. The molecule has 1 aliphatic carbocycles. The Kier molecular flexibility index (Phi) is 8.84. The summed E-state index contributed by atoms with van der Waals surface area (Å²) < 4.78 is 0. The van der Waals surface area contributed by atoms with Gasteiger partial charge in [-0.2, -0.15) is 0 Å². The van der Waals surface area contributed by atoms with Gasteiger partial charge in [-0.1, -0.05) is 39.0 Å². The van der Waals surface area contributed by atoms with Gasteiger partial charge in [0, 0.05) is 51.9 Å². The van der Waals surface area contributed by atoms with Crippen molar-refractivity contribution in [3.8, 4) is 0 Å². The van der Waals surface area contributed by atoms with E-state index in [0.29, 0.717) is 11.3 Å². The highest BCUT2D eigenvalue weighted by Gasteiger charge is 2.31. The van der Waals surface area contributed by atoms with Gasteiger partial charge >= 0.3 is 0 Å². The van der Waals surface area contributed by atoms with E-state index in [2.05, 4.69) is 60.2 Å². The predicted octanol–water partition coefficient (Wildman–Crippen LogP) is 4.69. The van der Waals surface area contributed by atoms with Crippen molar-refractivity contribution in [2.75, 3.05) is 44.2 Å². The van der Waals surface area contributed by atoms with Gasteiger partial charge < -0.3 is 10.2 Å². The minimum absolute atomic E-state index is 0. The molecule has 1 aromatic rings. The van der Waals surface area contributed by atoms with E-state index in [1.807, 2.05) is 0 Å². The van der Waals surface area contributed by atoms with Crippen LogP contribution in [0.3, 0.4) is 0 Å². The van der Waals surface area contributed by atoms with Crippen LogP contribution in [0.4, 0.5) is 5.69 Å². The van der Waals surface area contributed by atoms with Crippen molar-refractivity contribution in [1.29, 1.82) is 0 Å². The summed E-state index contributed by atoms with van der Waals surface area (Å²) in [4.78, 5) is 16.1. The number of para-hydroxylation sites is 1. The maximum atomic E-state index is 11.0. The van der Waals surface area contributed by atoms with Crippen LogP contribution in [0, 0.1) is 11.3 Å². The molecule has 2 fully saturated rings. The Morgan fingerprint density at radius 1 is 1.03 bits per heavy atom. The topological polar surface area (TPSA) is 35.6 Å². The predicted molar refractivity (Wildman–Crippen MR) is 125 cm³/mol. The molecule has 1 saturated heterocycles. The van der Waals surface area contributed by atoms with Crippen molar-refractivity contribution < 1.29 is 4.79 Å². The number of carbonyl (C=O) groups is 1. The van der Waals surface area contributed by atoms with Crippen LogP contribution in [0.2, 0.25) is 0 Å². The number of nitrogens with one attached hydrogen (secondary N) is 1. The third kappa shape index (κ3) is 6.62. The summed E-state index contributed by atoms with van der Waals surface area (Å²) in [6.45, 7) is 14.8. The van der Waals surface area contributed by atoms with E-state index in [9.17, 15) is 4.79 Å². The summed E-state index contributed by atoms with van der Waals surface area (Å²) in [6, 6.07) is 9.12. The number of benzene rings is 1. The molecule has 3 rings (SSSR count). The number of nitrogens with zero attached hydrogens (tertiary/aromatic N) is 2. The Hall–Kier alpha value is -1.26. The average molecular weight is 422 g/mol. The number of hydrogen-bond donors (Lipinski definition) is 1. The number of hydrogen-bond acceptors (Lipinski definition) is 3. The first kappa shape index (κ1) is 24.0. The van der Waals surface area contributed by atoms with E-state index in [1.54, 1.807) is 12.5 Å². The zero-order valence-electron chi connectivity index (χ0n) is 18.7. The molecule has 29 heavy (non-hydrogen) atoms. The van der Waals surface area contributed by atoms with Gasteiger partial charge in [-0.25, -0.2) is 0 Å². The molecule has 4 nitrogen and oxygen atoms in total. The number of carbonyl (C=O) groups excluding carboxylic acids is 1. The molecule has 1 heterocycles. The van der Waals surface area contributed by atoms with Gasteiger partial charge in [0.2, 0.25) is 5.91 Å². The summed E-state index contributed by atoms with van der Waals surface area (Å²) in [5.74, 6) is 1.64. The maximum absolute atomic E-state index is 11.0. The Bertz CT molecular complexity index is 642. The van der Waals surface area contributed by atoms with E-state index >= 15 is 0 Å². The summed E-state index contributed by atoms with van der Waals surface area (Å²) >= 11 is 0. The monoisotopic (exact) mass is 421 g/mol. The second kappa shape index (κ2) is 10.7. The van der Waals surface area contributed by atoms with Crippen LogP contribution in [0.25, 0.3) is 0 Å². The molecule has 1 amide bonds. The molecule has 1 saturated carbocycles. The minimum Gasteiger partial charge on any atom is -0.369 e. The van der Waals surface area contributed by atoms with Gasteiger partial charge in [0.15, 0.2) is 0 Å². The van der Waals surface area contributed by atoms with Crippen LogP contribution in [-0.2, 0) is 4.79 Å². The first-order chi connectivity index (χ1) is 13.3. The molecular weight excluding hydrogens is 382 g/mol. The molecule has 164 valence electrons. The fraction of sp³-hybridized carbons (Fsp3) is 0.708. The number of rotatable bonds is 5. The van der Waals surface area contributed by atoms with Crippen molar-refractivity contribution >= 4 is 24.0 Å². The molecule has 2 aliphatic rings. The van der Waals surface area contributed by atoms with Gasteiger partial charge in [0.05, 0.1) is 0 Å². The fourth-order valence-electron chi connectivity index (χ4n) is 4.99. The van der Waals surface area contributed by atoms with Crippen LogP contribution in [0.15, 0.2) is 24.3 Å². The van der Waals surface area contributed by atoms with Gasteiger partial charge in [-0.15, -0.1) is 12.4 Å². The second-order valence-electron chi connectivity index (χ2n) is 9.79. The molecule has 0 radical (unpaired) electrons. The quantitative estimate of drug-likeness (QED) is 0.749. The van der Waals surface area contributed by atoms with Crippen LogP contribution >= 0.6 is 12.4 Å². The number of halogens is 1. The second-order valence-corrected chi connectivity index (χ2v) is 9.79. The summed E-state index contributed by atoms with van der Waals surface area (Å²) in [7, 11) is 0.